The quantitative estimate of drug-likeness (QED) is 0.717. The summed E-state index contributed by atoms with van der Waals surface area (Å²) in [4.78, 5) is 16.3. The fourth-order valence-corrected chi connectivity index (χ4v) is 6.36. The number of sulfonamides is 1. The van der Waals surface area contributed by atoms with Gasteiger partial charge in [0, 0.05) is 53.9 Å². The van der Waals surface area contributed by atoms with Crippen molar-refractivity contribution in [1.82, 2.24) is 9.21 Å². The van der Waals surface area contributed by atoms with Crippen LogP contribution in [0.2, 0.25) is 5.02 Å². The molecule has 158 valence electrons. The highest BCUT2D eigenvalue weighted by molar-refractivity contribution is 7.89. The molecule has 6 nitrogen and oxygen atoms in total. The molecule has 0 saturated carbocycles. The van der Waals surface area contributed by atoms with E-state index in [0.717, 1.165) is 15.8 Å². The van der Waals surface area contributed by atoms with E-state index in [1.807, 2.05) is 18.7 Å². The number of anilines is 1. The number of benzene rings is 1. The van der Waals surface area contributed by atoms with Gasteiger partial charge in [-0.15, -0.1) is 11.3 Å². The Balaban J connectivity index is 1.49. The molecule has 1 aromatic heterocycles. The molecule has 1 fully saturated rings. The lowest BCUT2D eigenvalue weighted by molar-refractivity contribution is -0.116. The molecule has 10 heteroatoms. The first-order valence-electron chi connectivity index (χ1n) is 9.21. The molecular formula is C19H23ClFN3O3S2. The Morgan fingerprint density at radius 2 is 1.90 bits per heavy atom. The molecule has 0 unspecified atom stereocenters. The molecule has 1 saturated heterocycles. The van der Waals surface area contributed by atoms with Crippen LogP contribution >= 0.6 is 22.9 Å². The van der Waals surface area contributed by atoms with E-state index in [1.165, 1.54) is 27.8 Å². The van der Waals surface area contributed by atoms with Crippen molar-refractivity contribution in [2.75, 3.05) is 38.0 Å². The van der Waals surface area contributed by atoms with Crippen LogP contribution in [0.4, 0.5) is 10.1 Å². The number of carbonyl (C=O) groups is 1. The molecule has 2 heterocycles. The van der Waals surface area contributed by atoms with Crippen molar-refractivity contribution in [1.29, 1.82) is 0 Å². The van der Waals surface area contributed by atoms with Gasteiger partial charge in [0.1, 0.15) is 5.82 Å². The van der Waals surface area contributed by atoms with E-state index >= 15 is 0 Å². The second kappa shape index (κ2) is 9.09. The maximum Gasteiger partial charge on any atom is 0.244 e. The van der Waals surface area contributed by atoms with Crippen LogP contribution in [0.3, 0.4) is 0 Å². The van der Waals surface area contributed by atoms with E-state index in [4.69, 9.17) is 11.6 Å². The molecule has 1 N–H and O–H groups in total. The third kappa shape index (κ3) is 5.35. The van der Waals surface area contributed by atoms with Crippen LogP contribution in [0, 0.1) is 19.7 Å². The topological polar surface area (TPSA) is 69.7 Å². The number of carbonyl (C=O) groups excluding carboxylic acids is 1. The van der Waals surface area contributed by atoms with Crippen LogP contribution < -0.4 is 5.32 Å². The van der Waals surface area contributed by atoms with Crippen LogP contribution in [-0.2, 0) is 14.8 Å². The Labute approximate surface area is 179 Å². The number of halogens is 2. The van der Waals surface area contributed by atoms with Crippen molar-refractivity contribution in [2.45, 2.75) is 25.2 Å². The second-order valence-corrected chi connectivity index (χ2v) is 10.7. The molecule has 2 aromatic rings. The molecule has 0 aliphatic carbocycles. The van der Waals surface area contributed by atoms with Crippen molar-refractivity contribution >= 4 is 44.6 Å². The first-order valence-corrected chi connectivity index (χ1v) is 11.8. The van der Waals surface area contributed by atoms with Gasteiger partial charge in [0.25, 0.3) is 0 Å². The van der Waals surface area contributed by atoms with Crippen molar-refractivity contribution in [3.63, 3.8) is 0 Å². The van der Waals surface area contributed by atoms with E-state index < -0.39 is 15.8 Å². The van der Waals surface area contributed by atoms with Crippen LogP contribution in [0.1, 0.15) is 16.2 Å². The summed E-state index contributed by atoms with van der Waals surface area (Å²) in [6, 6.07) is 5.80. The maximum absolute atomic E-state index is 13.8. The van der Waals surface area contributed by atoms with E-state index in [9.17, 15) is 17.6 Å². The summed E-state index contributed by atoms with van der Waals surface area (Å²) in [5.41, 5.74) is 0.0942. The minimum absolute atomic E-state index is 0.0942. The van der Waals surface area contributed by atoms with E-state index in [1.54, 1.807) is 6.07 Å². The minimum atomic E-state index is -3.49. The van der Waals surface area contributed by atoms with Crippen molar-refractivity contribution in [3.05, 3.63) is 44.9 Å². The van der Waals surface area contributed by atoms with E-state index in [2.05, 4.69) is 5.32 Å². The third-order valence-corrected chi connectivity index (χ3v) is 8.16. The summed E-state index contributed by atoms with van der Waals surface area (Å²) in [6.07, 6.45) is 0.192. The standard InChI is InChI=1S/C19H23ClFN3O3S2/c1-13-11-18(14(2)28-13)29(26,27)24-9-7-23(8-10-24)6-5-19(25)22-17-4-3-15(20)12-16(17)21/h3-4,11-12H,5-10H2,1-2H3,(H,22,25). The zero-order valence-corrected chi connectivity index (χ0v) is 18.6. The van der Waals surface area contributed by atoms with Gasteiger partial charge in [-0.25, -0.2) is 12.8 Å². The molecule has 1 aliphatic heterocycles. The second-order valence-electron chi connectivity index (χ2n) is 6.95. The predicted molar refractivity (Wildman–Crippen MR) is 114 cm³/mol. The van der Waals surface area contributed by atoms with Gasteiger partial charge in [-0.05, 0) is 38.1 Å². The van der Waals surface area contributed by atoms with Gasteiger partial charge in [-0.1, -0.05) is 11.6 Å². The monoisotopic (exact) mass is 459 g/mol. The van der Waals surface area contributed by atoms with E-state index in [-0.39, 0.29) is 23.0 Å². The fourth-order valence-electron chi connectivity index (χ4n) is 3.26. The zero-order chi connectivity index (χ0) is 21.2. The fraction of sp³-hybridized carbons (Fsp3) is 0.421. The highest BCUT2D eigenvalue weighted by Crippen LogP contribution is 2.28. The number of nitrogens with one attached hydrogen (secondary N) is 1. The molecule has 1 aromatic carbocycles. The molecule has 29 heavy (non-hydrogen) atoms. The number of rotatable bonds is 6. The van der Waals surface area contributed by atoms with Gasteiger partial charge >= 0.3 is 0 Å². The lowest BCUT2D eigenvalue weighted by Crippen LogP contribution is -2.49. The lowest BCUT2D eigenvalue weighted by atomic mass is 10.2. The summed E-state index contributed by atoms with van der Waals surface area (Å²) >= 11 is 7.18. The van der Waals surface area contributed by atoms with Gasteiger partial charge in [-0.2, -0.15) is 4.31 Å². The largest absolute Gasteiger partial charge is 0.324 e. The molecule has 0 atom stereocenters. The summed E-state index contributed by atoms with van der Waals surface area (Å²) < 4.78 is 41.0. The number of hydrogen-bond acceptors (Lipinski definition) is 5. The SMILES string of the molecule is Cc1cc(S(=O)(=O)N2CCN(CCC(=O)Nc3ccc(Cl)cc3F)CC2)c(C)s1. The summed E-state index contributed by atoms with van der Waals surface area (Å²) in [5.74, 6) is -0.880. The Hall–Kier alpha value is -1.52. The highest BCUT2D eigenvalue weighted by atomic mass is 35.5. The number of hydrogen-bond donors (Lipinski definition) is 1. The number of nitrogens with zero attached hydrogens (tertiary/aromatic N) is 2. The normalized spacial score (nSPS) is 16.1. The van der Waals surface area contributed by atoms with Crippen molar-refractivity contribution in [2.24, 2.45) is 0 Å². The first-order chi connectivity index (χ1) is 13.7. The molecule has 0 bridgehead atoms. The van der Waals surface area contributed by atoms with Gasteiger partial charge in [0.05, 0.1) is 10.6 Å². The number of thiophene rings is 1. The van der Waals surface area contributed by atoms with Crippen LogP contribution in [0.5, 0.6) is 0 Å². The lowest BCUT2D eigenvalue weighted by Gasteiger charge is -2.33. The number of amides is 1. The number of aryl methyl sites for hydroxylation is 2. The minimum Gasteiger partial charge on any atom is -0.324 e. The Morgan fingerprint density at radius 3 is 2.48 bits per heavy atom. The summed E-state index contributed by atoms with van der Waals surface area (Å²) in [7, 11) is -3.49. The number of piperazine rings is 1. The smallest absolute Gasteiger partial charge is 0.244 e. The van der Waals surface area contributed by atoms with Crippen LogP contribution in [-0.4, -0.2) is 56.3 Å². The zero-order valence-electron chi connectivity index (χ0n) is 16.2. The third-order valence-electron chi connectivity index (χ3n) is 4.80. The van der Waals surface area contributed by atoms with Gasteiger partial charge in [0.15, 0.2) is 0 Å². The Bertz CT molecular complexity index is 1000. The highest BCUT2D eigenvalue weighted by Gasteiger charge is 2.30. The molecular weight excluding hydrogens is 437 g/mol. The maximum atomic E-state index is 13.8. The van der Waals surface area contributed by atoms with Gasteiger partial charge in [0.2, 0.25) is 15.9 Å². The van der Waals surface area contributed by atoms with E-state index in [0.29, 0.717) is 37.6 Å². The van der Waals surface area contributed by atoms with Crippen LogP contribution in [0.25, 0.3) is 0 Å². The predicted octanol–water partition coefficient (Wildman–Crippen LogP) is 3.49. The summed E-state index contributed by atoms with van der Waals surface area (Å²) in [5, 5.41) is 2.80. The summed E-state index contributed by atoms with van der Waals surface area (Å²) in [6.45, 7) is 6.05. The van der Waals surface area contributed by atoms with Crippen LogP contribution in [0.15, 0.2) is 29.2 Å². The van der Waals surface area contributed by atoms with Crippen molar-refractivity contribution < 1.29 is 17.6 Å². The van der Waals surface area contributed by atoms with Gasteiger partial charge in [-0.3, -0.25) is 4.79 Å². The first kappa shape index (κ1) is 22.2. The molecule has 1 aliphatic rings. The molecule has 0 radical (unpaired) electrons. The molecule has 1 amide bonds. The molecule has 3 rings (SSSR count). The Kier molecular flexibility index (Phi) is 6.95. The van der Waals surface area contributed by atoms with Gasteiger partial charge < -0.3 is 10.2 Å². The average molecular weight is 460 g/mol. The average Bonchev–Trinajstić information content (AvgIpc) is 3.02. The molecule has 0 spiro atoms. The Morgan fingerprint density at radius 1 is 1.21 bits per heavy atom. The van der Waals surface area contributed by atoms with Crippen molar-refractivity contribution in [3.8, 4) is 0 Å².